The third-order valence-electron chi connectivity index (χ3n) is 11.1. The normalized spacial score (nSPS) is 13.3. The monoisotopic (exact) mass is 888 g/mol. The van der Waals surface area contributed by atoms with E-state index in [1.165, 1.54) is 11.1 Å². The Hall–Kier alpha value is -6.74. The molecule has 348 valence electrons. The SMILES string of the molecule is CC(C)(C)c1cc(-c2ccc(C[C@H](NC(=O)[C@H](CCCNC(=N)N)NC(=O)[C@@H](N)Cc3ccc(-c4ccccc4)cc3)C(=O)N[C@@H](CCCNC(=N)N)C(N)=O)cc2)cc(C(C)(C)C)c1. The Balaban J connectivity index is 1.60. The van der Waals surface area contributed by atoms with E-state index in [1.54, 1.807) is 0 Å². The predicted molar refractivity (Wildman–Crippen MR) is 260 cm³/mol. The number of guanidine groups is 2. The van der Waals surface area contributed by atoms with Gasteiger partial charge in [-0.1, -0.05) is 139 Å². The summed E-state index contributed by atoms with van der Waals surface area (Å²) in [6.07, 6.45) is 1.20. The average molecular weight is 888 g/mol. The van der Waals surface area contributed by atoms with Crippen molar-refractivity contribution in [3.63, 3.8) is 0 Å². The Morgan fingerprint density at radius 3 is 1.42 bits per heavy atom. The highest BCUT2D eigenvalue weighted by atomic mass is 16.2. The first-order valence-corrected chi connectivity index (χ1v) is 22.1. The number of rotatable bonds is 21. The van der Waals surface area contributed by atoms with Crippen LogP contribution in [0.25, 0.3) is 22.3 Å². The minimum Gasteiger partial charge on any atom is -0.370 e. The van der Waals surface area contributed by atoms with Gasteiger partial charge in [0, 0.05) is 19.5 Å². The fraction of sp³-hybridized carbons (Fsp3) is 0.400. The van der Waals surface area contributed by atoms with Crippen molar-refractivity contribution in [2.75, 3.05) is 13.1 Å². The van der Waals surface area contributed by atoms with Crippen molar-refractivity contribution >= 4 is 35.5 Å². The van der Waals surface area contributed by atoms with Gasteiger partial charge in [-0.05, 0) is 87.4 Å². The topological polar surface area (TPSA) is 280 Å². The van der Waals surface area contributed by atoms with Crippen LogP contribution in [0.15, 0.2) is 97.1 Å². The first-order valence-electron chi connectivity index (χ1n) is 22.1. The second kappa shape index (κ2) is 23.3. The number of hydrogen-bond acceptors (Lipinski definition) is 7. The predicted octanol–water partition coefficient (Wildman–Crippen LogP) is 4.19. The molecule has 0 fully saturated rings. The molecular formula is C50H69N11O4. The molecule has 4 rings (SSSR count). The van der Waals surface area contributed by atoms with Gasteiger partial charge < -0.3 is 49.5 Å². The molecule has 15 heteroatoms. The summed E-state index contributed by atoms with van der Waals surface area (Å²) < 4.78 is 0. The van der Waals surface area contributed by atoms with Crippen LogP contribution in [-0.4, -0.2) is 72.8 Å². The highest BCUT2D eigenvalue weighted by Gasteiger charge is 2.30. The lowest BCUT2D eigenvalue weighted by molar-refractivity contribution is -0.133. The number of hydrogen-bond donors (Lipinski definition) is 11. The quantitative estimate of drug-likeness (QED) is 0.0325. The maximum Gasteiger partial charge on any atom is 0.243 e. The molecule has 0 aliphatic heterocycles. The molecule has 15 N–H and O–H groups in total. The fourth-order valence-corrected chi connectivity index (χ4v) is 7.19. The number of nitrogens with two attached hydrogens (primary N) is 4. The lowest BCUT2D eigenvalue weighted by Gasteiger charge is -2.26. The molecule has 65 heavy (non-hydrogen) atoms. The van der Waals surface area contributed by atoms with Crippen LogP contribution in [0.3, 0.4) is 0 Å². The van der Waals surface area contributed by atoms with Crippen molar-refractivity contribution in [3.05, 3.63) is 119 Å². The van der Waals surface area contributed by atoms with Gasteiger partial charge in [-0.3, -0.25) is 30.0 Å². The Kier molecular flexibility index (Phi) is 18.2. The van der Waals surface area contributed by atoms with E-state index in [4.69, 9.17) is 33.8 Å². The van der Waals surface area contributed by atoms with Gasteiger partial charge in [0.2, 0.25) is 23.6 Å². The minimum absolute atomic E-state index is 0.0373. The van der Waals surface area contributed by atoms with Gasteiger partial charge in [0.05, 0.1) is 6.04 Å². The van der Waals surface area contributed by atoms with Gasteiger partial charge in [0.15, 0.2) is 11.9 Å². The molecule has 0 aromatic heterocycles. The average Bonchev–Trinajstić information content (AvgIpc) is 3.25. The van der Waals surface area contributed by atoms with Crippen LogP contribution in [-0.2, 0) is 42.8 Å². The molecule has 15 nitrogen and oxygen atoms in total. The Labute approximate surface area is 383 Å². The summed E-state index contributed by atoms with van der Waals surface area (Å²) in [5.74, 6) is -3.10. The molecule has 0 aliphatic rings. The van der Waals surface area contributed by atoms with Crippen molar-refractivity contribution < 1.29 is 19.2 Å². The zero-order valence-electron chi connectivity index (χ0n) is 38.6. The summed E-state index contributed by atoms with van der Waals surface area (Å²) in [6, 6.07) is 27.7. The maximum atomic E-state index is 14.3. The molecule has 4 aromatic rings. The summed E-state index contributed by atoms with van der Waals surface area (Å²) in [7, 11) is 0. The van der Waals surface area contributed by atoms with Crippen molar-refractivity contribution in [1.82, 2.24) is 26.6 Å². The lowest BCUT2D eigenvalue weighted by Crippen LogP contribution is -2.58. The van der Waals surface area contributed by atoms with Crippen molar-refractivity contribution in [1.29, 1.82) is 10.8 Å². The van der Waals surface area contributed by atoms with Crippen LogP contribution < -0.4 is 49.5 Å². The van der Waals surface area contributed by atoms with Crippen LogP contribution in [0.2, 0.25) is 0 Å². The Morgan fingerprint density at radius 1 is 0.523 bits per heavy atom. The third kappa shape index (κ3) is 16.4. The molecular weight excluding hydrogens is 819 g/mol. The van der Waals surface area contributed by atoms with Crippen LogP contribution in [0.5, 0.6) is 0 Å². The zero-order valence-corrected chi connectivity index (χ0v) is 38.6. The zero-order chi connectivity index (χ0) is 47.9. The Bertz CT molecular complexity index is 2220. The summed E-state index contributed by atoms with van der Waals surface area (Å²) >= 11 is 0. The lowest BCUT2D eigenvalue weighted by atomic mass is 9.79. The van der Waals surface area contributed by atoms with Crippen molar-refractivity contribution in [2.45, 2.75) is 115 Å². The minimum atomic E-state index is -1.20. The number of primary amides is 1. The van der Waals surface area contributed by atoms with Gasteiger partial charge in [-0.2, -0.15) is 0 Å². The van der Waals surface area contributed by atoms with Gasteiger partial charge >= 0.3 is 0 Å². The van der Waals surface area contributed by atoms with Crippen molar-refractivity contribution in [3.8, 4) is 22.3 Å². The number of carbonyl (C=O) groups is 4. The summed E-state index contributed by atoms with van der Waals surface area (Å²) in [6.45, 7) is 13.6. The van der Waals surface area contributed by atoms with E-state index >= 15 is 0 Å². The van der Waals surface area contributed by atoms with Gasteiger partial charge in [0.1, 0.15) is 18.1 Å². The Morgan fingerprint density at radius 2 is 0.938 bits per heavy atom. The van der Waals surface area contributed by atoms with Gasteiger partial charge in [-0.25, -0.2) is 0 Å². The molecule has 4 amide bonds. The molecule has 0 bridgehead atoms. The summed E-state index contributed by atoms with van der Waals surface area (Å²) in [5.41, 5.74) is 31.0. The highest BCUT2D eigenvalue weighted by Crippen LogP contribution is 2.34. The number of benzene rings is 4. The van der Waals surface area contributed by atoms with Gasteiger partial charge in [0.25, 0.3) is 0 Å². The third-order valence-corrected chi connectivity index (χ3v) is 11.1. The van der Waals surface area contributed by atoms with Crippen molar-refractivity contribution in [2.24, 2.45) is 22.9 Å². The first kappa shape index (κ1) is 50.9. The number of nitrogens with one attached hydrogen (secondary N) is 7. The van der Waals surface area contributed by atoms with E-state index in [9.17, 15) is 19.2 Å². The second-order valence-electron chi connectivity index (χ2n) is 18.6. The van der Waals surface area contributed by atoms with E-state index < -0.39 is 47.8 Å². The van der Waals surface area contributed by atoms with Gasteiger partial charge in [-0.15, -0.1) is 0 Å². The van der Waals surface area contributed by atoms with E-state index in [0.717, 1.165) is 33.4 Å². The molecule has 0 saturated carbocycles. The molecule has 0 saturated heterocycles. The van der Waals surface area contributed by atoms with Crippen LogP contribution in [0.1, 0.15) is 89.5 Å². The number of carbonyl (C=O) groups excluding carboxylic acids is 4. The second-order valence-corrected chi connectivity index (χ2v) is 18.6. The molecule has 0 spiro atoms. The van der Waals surface area contributed by atoms with E-state index in [1.807, 2.05) is 78.9 Å². The molecule has 4 aromatic carbocycles. The largest absolute Gasteiger partial charge is 0.370 e. The van der Waals surface area contributed by atoms with Crippen LogP contribution in [0, 0.1) is 10.8 Å². The summed E-state index contributed by atoms with van der Waals surface area (Å²) in [4.78, 5) is 54.6. The van der Waals surface area contributed by atoms with E-state index in [-0.39, 0.29) is 61.5 Å². The molecule has 4 atom stereocenters. The molecule has 0 aliphatic carbocycles. The molecule has 0 unspecified atom stereocenters. The van der Waals surface area contributed by atoms with Crippen LogP contribution in [0.4, 0.5) is 0 Å². The number of amides is 4. The first-order chi connectivity index (χ1) is 30.6. The fourth-order valence-electron chi connectivity index (χ4n) is 7.19. The molecule has 0 heterocycles. The summed E-state index contributed by atoms with van der Waals surface area (Å²) in [5, 5.41) is 28.7. The van der Waals surface area contributed by atoms with E-state index in [2.05, 4.69) is 86.3 Å². The molecule has 0 radical (unpaired) electrons. The smallest absolute Gasteiger partial charge is 0.243 e. The van der Waals surface area contributed by atoms with Crippen LogP contribution >= 0.6 is 0 Å². The highest BCUT2D eigenvalue weighted by molar-refractivity contribution is 5.95. The standard InChI is InChI=1S/C50H69N11O4/c1-49(2,3)37-28-36(29-38(30-37)50(4,5)6)35-22-18-32(19-23-35)27-42(46(65)59-40(43(52)62)14-10-24-57-47(53)54)61-45(64)41(15-11-25-58-48(55)56)60-44(63)39(51)26-31-16-20-34(21-17-31)33-12-8-7-9-13-33/h7-9,12-13,16-23,28-30,39-42H,10-11,14-15,24-27,51H2,1-6H3,(H2,52,62)(H,59,65)(H,60,63)(H,61,64)(H4,53,54,57)(H4,55,56,58)/t39-,40-,41-,42-/m0/s1. The van der Waals surface area contributed by atoms with E-state index in [0.29, 0.717) is 12.8 Å². The maximum absolute atomic E-state index is 14.3.